The largest absolute Gasteiger partial charge is 0.387 e. The van der Waals surface area contributed by atoms with Crippen molar-refractivity contribution in [3.63, 3.8) is 0 Å². The summed E-state index contributed by atoms with van der Waals surface area (Å²) in [5, 5.41) is 20.8. The molecule has 0 radical (unpaired) electrons. The van der Waals surface area contributed by atoms with E-state index in [4.69, 9.17) is 0 Å². The van der Waals surface area contributed by atoms with Crippen LogP contribution < -0.4 is 0 Å². The molecule has 0 amide bonds. The van der Waals surface area contributed by atoms with E-state index in [1.54, 1.807) is 0 Å². The molecule has 0 aromatic heterocycles. The van der Waals surface area contributed by atoms with Crippen LogP contribution in [0.2, 0.25) is 0 Å². The maximum atomic E-state index is 10.6. The summed E-state index contributed by atoms with van der Waals surface area (Å²) in [4.78, 5) is 0. The molecule has 2 rings (SSSR count). The van der Waals surface area contributed by atoms with E-state index in [1.165, 1.54) is 0 Å². The van der Waals surface area contributed by atoms with Crippen molar-refractivity contribution in [2.24, 2.45) is 0 Å². The van der Waals surface area contributed by atoms with E-state index in [1.807, 2.05) is 72.8 Å². The fraction of sp³-hybridized carbons (Fsp3) is 0.217. The molecule has 0 aliphatic carbocycles. The van der Waals surface area contributed by atoms with Gasteiger partial charge in [0.2, 0.25) is 0 Å². The van der Waals surface area contributed by atoms with Crippen molar-refractivity contribution in [3.05, 3.63) is 96.1 Å². The van der Waals surface area contributed by atoms with Gasteiger partial charge in [0.15, 0.2) is 0 Å². The molecular formula is C23H24O2. The highest BCUT2D eigenvalue weighted by Crippen LogP contribution is 2.22. The normalized spacial score (nSPS) is 13.4. The zero-order valence-electron chi connectivity index (χ0n) is 14.3. The minimum Gasteiger partial charge on any atom is -0.387 e. The van der Waals surface area contributed by atoms with Gasteiger partial charge < -0.3 is 10.2 Å². The summed E-state index contributed by atoms with van der Waals surface area (Å²) >= 11 is 0. The highest BCUT2D eigenvalue weighted by atomic mass is 16.3. The third kappa shape index (κ3) is 6.08. The Morgan fingerprint density at radius 1 is 0.920 bits per heavy atom. The Balaban J connectivity index is 2.11. The van der Waals surface area contributed by atoms with Gasteiger partial charge in [-0.15, -0.1) is 6.58 Å². The maximum absolute atomic E-state index is 10.6. The van der Waals surface area contributed by atoms with Gasteiger partial charge in [0.1, 0.15) is 6.10 Å². The van der Waals surface area contributed by atoms with Crippen LogP contribution in [0.1, 0.15) is 42.6 Å². The SMILES string of the molecule is C=CCC/C=C(\C#CCC(O)c1ccccc1)C(O)c1ccccc1. The molecular weight excluding hydrogens is 308 g/mol. The number of hydrogen-bond acceptors (Lipinski definition) is 2. The van der Waals surface area contributed by atoms with Crippen molar-refractivity contribution in [1.29, 1.82) is 0 Å². The lowest BCUT2D eigenvalue weighted by Crippen LogP contribution is -2.01. The minimum atomic E-state index is -0.757. The molecule has 128 valence electrons. The lowest BCUT2D eigenvalue weighted by molar-refractivity contribution is 0.184. The van der Waals surface area contributed by atoms with Crippen molar-refractivity contribution in [3.8, 4) is 11.8 Å². The fourth-order valence-corrected chi connectivity index (χ4v) is 2.45. The van der Waals surface area contributed by atoms with Gasteiger partial charge in [0.05, 0.1) is 6.10 Å². The Kier molecular flexibility index (Phi) is 7.72. The number of benzene rings is 2. The average Bonchev–Trinajstić information content (AvgIpc) is 2.67. The van der Waals surface area contributed by atoms with E-state index in [0.29, 0.717) is 12.0 Å². The predicted octanol–water partition coefficient (Wildman–Crippen LogP) is 4.74. The molecule has 2 atom stereocenters. The lowest BCUT2D eigenvalue weighted by atomic mass is 10.00. The minimum absolute atomic E-state index is 0.324. The lowest BCUT2D eigenvalue weighted by Gasteiger charge is -2.11. The summed E-state index contributed by atoms with van der Waals surface area (Å²) in [6.07, 6.45) is 4.34. The second-order valence-electron chi connectivity index (χ2n) is 5.77. The second kappa shape index (κ2) is 10.3. The number of aliphatic hydroxyl groups excluding tert-OH is 2. The van der Waals surface area contributed by atoms with Gasteiger partial charge in [0, 0.05) is 12.0 Å². The highest BCUT2D eigenvalue weighted by Gasteiger charge is 2.11. The quantitative estimate of drug-likeness (QED) is 0.437. The molecule has 25 heavy (non-hydrogen) atoms. The van der Waals surface area contributed by atoms with Crippen molar-refractivity contribution < 1.29 is 10.2 Å². The molecule has 0 saturated carbocycles. The van der Waals surface area contributed by atoms with Crippen LogP contribution in [0, 0.1) is 11.8 Å². The smallest absolute Gasteiger partial charge is 0.111 e. The molecule has 0 fully saturated rings. The van der Waals surface area contributed by atoms with Gasteiger partial charge in [-0.3, -0.25) is 0 Å². The molecule has 0 spiro atoms. The van der Waals surface area contributed by atoms with Crippen LogP contribution in [0.4, 0.5) is 0 Å². The molecule has 2 aromatic rings. The summed E-state index contributed by atoms with van der Waals surface area (Å²) in [5.74, 6) is 6.05. The van der Waals surface area contributed by atoms with E-state index in [-0.39, 0.29) is 0 Å². The first-order valence-electron chi connectivity index (χ1n) is 8.48. The number of hydrogen-bond donors (Lipinski definition) is 2. The second-order valence-corrected chi connectivity index (χ2v) is 5.77. The van der Waals surface area contributed by atoms with E-state index < -0.39 is 12.2 Å². The Morgan fingerprint density at radius 3 is 2.12 bits per heavy atom. The van der Waals surface area contributed by atoms with Crippen LogP contribution >= 0.6 is 0 Å². The molecule has 2 nitrogen and oxygen atoms in total. The topological polar surface area (TPSA) is 40.5 Å². The van der Waals surface area contributed by atoms with Gasteiger partial charge in [-0.25, -0.2) is 0 Å². The van der Waals surface area contributed by atoms with E-state index >= 15 is 0 Å². The van der Waals surface area contributed by atoms with Crippen molar-refractivity contribution >= 4 is 0 Å². The van der Waals surface area contributed by atoms with Crippen LogP contribution in [0.25, 0.3) is 0 Å². The number of allylic oxidation sites excluding steroid dienone is 2. The van der Waals surface area contributed by atoms with Crippen LogP contribution in [0.15, 0.2) is 85.0 Å². The Hall–Kier alpha value is -2.60. The third-order valence-electron chi connectivity index (χ3n) is 3.86. The first-order valence-corrected chi connectivity index (χ1v) is 8.48. The molecule has 0 bridgehead atoms. The summed E-state index contributed by atoms with van der Waals surface area (Å²) in [7, 11) is 0. The predicted molar refractivity (Wildman–Crippen MR) is 103 cm³/mol. The van der Waals surface area contributed by atoms with Gasteiger partial charge in [-0.1, -0.05) is 84.7 Å². The molecule has 2 heteroatoms. The van der Waals surface area contributed by atoms with Crippen LogP contribution in [0.5, 0.6) is 0 Å². The zero-order valence-corrected chi connectivity index (χ0v) is 14.3. The first-order chi connectivity index (χ1) is 12.2. The van der Waals surface area contributed by atoms with E-state index in [0.717, 1.165) is 24.0 Å². The average molecular weight is 332 g/mol. The van der Waals surface area contributed by atoms with Gasteiger partial charge in [-0.2, -0.15) is 0 Å². The fourth-order valence-electron chi connectivity index (χ4n) is 2.45. The standard InChI is InChI=1S/C23H24O2/c1-2-3-6-14-21(23(25)20-15-9-5-10-16-20)17-11-18-22(24)19-12-7-4-8-13-19/h2,4-5,7-10,12-16,22-25H,1,3,6,18H2/b21-14+. The highest BCUT2D eigenvalue weighted by molar-refractivity contribution is 5.38. The molecule has 0 aliphatic rings. The van der Waals surface area contributed by atoms with Gasteiger partial charge in [-0.05, 0) is 24.0 Å². The monoisotopic (exact) mass is 332 g/mol. The Bertz CT molecular complexity index is 736. The number of rotatable bonds is 7. The van der Waals surface area contributed by atoms with Crippen LogP contribution in [-0.4, -0.2) is 10.2 Å². The third-order valence-corrected chi connectivity index (χ3v) is 3.86. The summed E-state index contributed by atoms with van der Waals surface area (Å²) in [6, 6.07) is 18.9. The molecule has 2 N–H and O–H groups in total. The van der Waals surface area contributed by atoms with Crippen molar-refractivity contribution in [2.45, 2.75) is 31.5 Å². The molecule has 0 aliphatic heterocycles. The van der Waals surface area contributed by atoms with Gasteiger partial charge >= 0.3 is 0 Å². The van der Waals surface area contributed by atoms with E-state index in [2.05, 4.69) is 18.4 Å². The van der Waals surface area contributed by atoms with Crippen LogP contribution in [-0.2, 0) is 0 Å². The zero-order chi connectivity index (χ0) is 17.9. The molecule has 2 unspecified atom stereocenters. The molecule has 0 heterocycles. The summed E-state index contributed by atoms with van der Waals surface area (Å²) in [5.41, 5.74) is 2.32. The van der Waals surface area contributed by atoms with E-state index in [9.17, 15) is 10.2 Å². The first kappa shape index (κ1) is 18.7. The van der Waals surface area contributed by atoms with Gasteiger partial charge in [0.25, 0.3) is 0 Å². The number of aliphatic hydroxyl groups is 2. The molecule has 0 saturated heterocycles. The van der Waals surface area contributed by atoms with Crippen LogP contribution in [0.3, 0.4) is 0 Å². The maximum Gasteiger partial charge on any atom is 0.111 e. The van der Waals surface area contributed by atoms with Crippen molar-refractivity contribution in [2.75, 3.05) is 0 Å². The Labute approximate surface area is 150 Å². The Morgan fingerprint density at radius 2 is 1.52 bits per heavy atom. The number of unbranched alkanes of at least 4 members (excludes halogenated alkanes) is 1. The molecule has 2 aromatic carbocycles. The summed E-state index contributed by atoms with van der Waals surface area (Å²) in [6.45, 7) is 3.72. The van der Waals surface area contributed by atoms with Crippen molar-refractivity contribution in [1.82, 2.24) is 0 Å². The summed E-state index contributed by atoms with van der Waals surface area (Å²) < 4.78 is 0.